The third-order valence-electron chi connectivity index (χ3n) is 3.22. The molecule has 0 amide bonds. The molecule has 0 radical (unpaired) electrons. The molecule has 0 N–H and O–H groups in total. The van der Waals surface area contributed by atoms with Crippen LogP contribution < -0.4 is 0 Å². The van der Waals surface area contributed by atoms with E-state index in [4.69, 9.17) is 16.3 Å². The van der Waals surface area contributed by atoms with Crippen LogP contribution >= 0.6 is 11.6 Å². The van der Waals surface area contributed by atoms with Gasteiger partial charge in [0.1, 0.15) is 0 Å². The molecule has 120 valence electrons. The van der Waals surface area contributed by atoms with Crippen molar-refractivity contribution in [3.63, 3.8) is 0 Å². The van der Waals surface area contributed by atoms with E-state index in [-0.39, 0.29) is 5.92 Å². The molecule has 6 heteroatoms. The Kier molecular flexibility index (Phi) is 7.13. The summed E-state index contributed by atoms with van der Waals surface area (Å²) in [5.74, 6) is 0.548. The molecule has 0 fully saturated rings. The third-order valence-corrected chi connectivity index (χ3v) is 5.37. The van der Waals surface area contributed by atoms with Crippen LogP contribution in [0.5, 0.6) is 0 Å². The fraction of sp³-hybridized carbons (Fsp3) is 0.600. The number of hydrogen-bond donors (Lipinski definition) is 0. The first-order valence-electron chi connectivity index (χ1n) is 6.97. The van der Waals surface area contributed by atoms with Crippen LogP contribution in [-0.4, -0.2) is 39.5 Å². The zero-order chi connectivity index (χ0) is 16.0. The zero-order valence-corrected chi connectivity index (χ0v) is 14.7. The van der Waals surface area contributed by atoms with Gasteiger partial charge in [0.25, 0.3) is 0 Å². The summed E-state index contributed by atoms with van der Waals surface area (Å²) in [4.78, 5) is 0.292. The first-order chi connectivity index (χ1) is 9.82. The Morgan fingerprint density at radius 3 is 2.52 bits per heavy atom. The number of nitrogens with zero attached hydrogens (tertiary/aromatic N) is 1. The topological polar surface area (TPSA) is 46.6 Å². The normalized spacial score (nSPS) is 12.3. The highest BCUT2D eigenvalue weighted by atomic mass is 35.5. The minimum absolute atomic E-state index is 0.245. The lowest BCUT2D eigenvalue weighted by atomic mass is 10.1. The van der Waals surface area contributed by atoms with Crippen LogP contribution in [0.1, 0.15) is 25.0 Å². The quantitative estimate of drug-likeness (QED) is 0.687. The Morgan fingerprint density at radius 2 is 2.00 bits per heavy atom. The van der Waals surface area contributed by atoms with Crippen molar-refractivity contribution in [2.24, 2.45) is 5.92 Å². The molecule has 0 saturated heterocycles. The van der Waals surface area contributed by atoms with Gasteiger partial charge in [-0.15, -0.1) is 11.6 Å². The zero-order valence-electron chi connectivity index (χ0n) is 13.1. The highest BCUT2D eigenvalue weighted by molar-refractivity contribution is 7.89. The molecular weight excluding hydrogens is 310 g/mol. The summed E-state index contributed by atoms with van der Waals surface area (Å²) in [6.07, 6.45) is 0. The Labute approximate surface area is 133 Å². The van der Waals surface area contributed by atoms with Crippen LogP contribution in [0.2, 0.25) is 0 Å². The second kappa shape index (κ2) is 8.13. The molecule has 4 nitrogen and oxygen atoms in total. The summed E-state index contributed by atoms with van der Waals surface area (Å²) in [7, 11) is -1.96. The number of hydrogen-bond acceptors (Lipinski definition) is 3. The highest BCUT2D eigenvalue weighted by Crippen LogP contribution is 2.21. The number of benzene rings is 1. The maximum absolute atomic E-state index is 12.8. The highest BCUT2D eigenvalue weighted by Gasteiger charge is 2.25. The minimum atomic E-state index is -3.52. The molecule has 0 unspecified atom stereocenters. The molecule has 0 saturated carbocycles. The van der Waals surface area contributed by atoms with E-state index in [0.717, 1.165) is 11.1 Å². The van der Waals surface area contributed by atoms with Gasteiger partial charge in [0, 0.05) is 26.1 Å². The number of aryl methyl sites for hydroxylation is 1. The van der Waals surface area contributed by atoms with E-state index < -0.39 is 10.0 Å². The van der Waals surface area contributed by atoms with Gasteiger partial charge in [-0.25, -0.2) is 8.42 Å². The number of rotatable bonds is 8. The molecule has 1 rings (SSSR count). The lowest BCUT2D eigenvalue weighted by molar-refractivity contribution is 0.175. The van der Waals surface area contributed by atoms with E-state index in [0.29, 0.717) is 30.5 Å². The van der Waals surface area contributed by atoms with Gasteiger partial charge in [-0.1, -0.05) is 19.9 Å². The van der Waals surface area contributed by atoms with Gasteiger partial charge >= 0.3 is 0 Å². The lowest BCUT2D eigenvalue weighted by Crippen LogP contribution is -2.36. The maximum atomic E-state index is 12.8. The first kappa shape index (κ1) is 18.4. The fourth-order valence-corrected chi connectivity index (χ4v) is 3.94. The minimum Gasteiger partial charge on any atom is -0.383 e. The summed E-state index contributed by atoms with van der Waals surface area (Å²) in [5, 5.41) is 0. The number of alkyl halides is 1. The first-order valence-corrected chi connectivity index (χ1v) is 8.95. The van der Waals surface area contributed by atoms with Crippen LogP contribution in [0.3, 0.4) is 0 Å². The Bertz CT molecular complexity index is 558. The van der Waals surface area contributed by atoms with Crippen molar-refractivity contribution < 1.29 is 13.2 Å². The maximum Gasteiger partial charge on any atom is 0.243 e. The van der Waals surface area contributed by atoms with Crippen molar-refractivity contribution in [1.29, 1.82) is 0 Å². The van der Waals surface area contributed by atoms with Gasteiger partial charge in [-0.05, 0) is 36.1 Å². The predicted molar refractivity (Wildman–Crippen MR) is 86.2 cm³/mol. The lowest BCUT2D eigenvalue weighted by Gasteiger charge is -2.24. The molecule has 0 aliphatic heterocycles. The average Bonchev–Trinajstić information content (AvgIpc) is 2.43. The average molecular weight is 334 g/mol. The second-order valence-electron chi connectivity index (χ2n) is 5.47. The Hall–Kier alpha value is -0.620. The number of sulfonamides is 1. The second-order valence-corrected chi connectivity index (χ2v) is 7.68. The van der Waals surface area contributed by atoms with Gasteiger partial charge < -0.3 is 4.74 Å². The molecule has 0 atom stereocenters. The molecule has 0 bridgehead atoms. The Balaban J connectivity index is 3.14. The molecule has 0 aliphatic rings. The fourth-order valence-electron chi connectivity index (χ4n) is 2.01. The molecule has 0 aromatic heterocycles. The van der Waals surface area contributed by atoms with Crippen molar-refractivity contribution in [2.45, 2.75) is 31.5 Å². The summed E-state index contributed by atoms with van der Waals surface area (Å²) >= 11 is 5.87. The van der Waals surface area contributed by atoms with Crippen molar-refractivity contribution in [2.75, 3.05) is 26.8 Å². The molecule has 1 aromatic carbocycles. The standard InChI is InChI=1S/C15H24ClNO3S/c1-12(2)11-17(7-8-20-4)21(18,19)15-6-5-13(3)14(9-15)10-16/h5-6,9,12H,7-8,10-11H2,1-4H3. The summed E-state index contributed by atoms with van der Waals surface area (Å²) in [6, 6.07) is 5.10. The summed E-state index contributed by atoms with van der Waals surface area (Å²) < 4.78 is 32.1. The molecule has 21 heavy (non-hydrogen) atoms. The number of ether oxygens (including phenoxy) is 1. The van der Waals surface area contributed by atoms with Crippen LogP contribution in [0.25, 0.3) is 0 Å². The SMILES string of the molecule is COCCN(CC(C)C)S(=O)(=O)c1ccc(C)c(CCl)c1. The monoisotopic (exact) mass is 333 g/mol. The Morgan fingerprint density at radius 1 is 1.33 bits per heavy atom. The number of halogens is 1. The van der Waals surface area contributed by atoms with E-state index in [1.54, 1.807) is 25.3 Å². The number of methoxy groups -OCH3 is 1. The van der Waals surface area contributed by atoms with Crippen molar-refractivity contribution >= 4 is 21.6 Å². The smallest absolute Gasteiger partial charge is 0.243 e. The predicted octanol–water partition coefficient (Wildman–Crippen LogP) is 3.03. The largest absolute Gasteiger partial charge is 0.383 e. The van der Waals surface area contributed by atoms with E-state index in [1.807, 2.05) is 20.8 Å². The van der Waals surface area contributed by atoms with Crippen LogP contribution in [0, 0.1) is 12.8 Å². The molecule has 0 spiro atoms. The van der Waals surface area contributed by atoms with Gasteiger partial charge in [0.2, 0.25) is 10.0 Å². The molecule has 1 aromatic rings. The summed E-state index contributed by atoms with van der Waals surface area (Å²) in [6.45, 7) is 7.10. The van der Waals surface area contributed by atoms with Gasteiger partial charge in [-0.3, -0.25) is 0 Å². The van der Waals surface area contributed by atoms with Crippen LogP contribution in [0.15, 0.2) is 23.1 Å². The van der Waals surface area contributed by atoms with Gasteiger partial charge in [0.05, 0.1) is 11.5 Å². The van der Waals surface area contributed by atoms with Crippen molar-refractivity contribution in [1.82, 2.24) is 4.31 Å². The van der Waals surface area contributed by atoms with Gasteiger partial charge in [0.15, 0.2) is 0 Å². The van der Waals surface area contributed by atoms with E-state index in [1.165, 1.54) is 4.31 Å². The van der Waals surface area contributed by atoms with Gasteiger partial charge in [-0.2, -0.15) is 4.31 Å². The van der Waals surface area contributed by atoms with E-state index in [9.17, 15) is 8.42 Å². The summed E-state index contributed by atoms with van der Waals surface area (Å²) in [5.41, 5.74) is 1.84. The molecule has 0 heterocycles. The van der Waals surface area contributed by atoms with Crippen LogP contribution in [0.4, 0.5) is 0 Å². The molecular formula is C15H24ClNO3S. The van der Waals surface area contributed by atoms with Crippen molar-refractivity contribution in [3.8, 4) is 0 Å². The third kappa shape index (κ3) is 4.95. The van der Waals surface area contributed by atoms with Crippen molar-refractivity contribution in [3.05, 3.63) is 29.3 Å². The molecule has 0 aliphatic carbocycles. The van der Waals surface area contributed by atoms with E-state index in [2.05, 4.69) is 0 Å². The van der Waals surface area contributed by atoms with E-state index >= 15 is 0 Å². The van der Waals surface area contributed by atoms with Crippen LogP contribution in [-0.2, 0) is 20.6 Å².